The largest absolute Gasteiger partial charge is 0.504 e. The van der Waals surface area contributed by atoms with Crippen LogP contribution in [0.4, 0.5) is 5.69 Å². The molecule has 7 heteroatoms. The molecule has 0 bridgehead atoms. The second-order valence-electron chi connectivity index (χ2n) is 4.60. The Balaban J connectivity index is 1.73. The second-order valence-corrected chi connectivity index (χ2v) is 4.60. The third-order valence-electron chi connectivity index (χ3n) is 2.97. The number of carbonyl (C=O) groups excluding carboxylic acids is 1. The molecule has 0 aliphatic carbocycles. The van der Waals surface area contributed by atoms with Crippen molar-refractivity contribution < 1.29 is 24.3 Å². The Morgan fingerprint density at radius 2 is 1.87 bits per heavy atom. The summed E-state index contributed by atoms with van der Waals surface area (Å²) >= 11 is 0. The van der Waals surface area contributed by atoms with Gasteiger partial charge in [-0.05, 0) is 6.07 Å². The lowest BCUT2D eigenvalue weighted by molar-refractivity contribution is -0.385. The van der Waals surface area contributed by atoms with Crippen LogP contribution in [-0.4, -0.2) is 35.6 Å². The summed E-state index contributed by atoms with van der Waals surface area (Å²) in [7, 11) is 0. The van der Waals surface area contributed by atoms with E-state index in [-0.39, 0.29) is 42.8 Å². The number of ketones is 1. The summed E-state index contributed by atoms with van der Waals surface area (Å²) in [4.78, 5) is 21.7. The van der Waals surface area contributed by atoms with E-state index in [0.717, 1.165) is 6.07 Å². The van der Waals surface area contributed by atoms with Gasteiger partial charge in [-0.3, -0.25) is 14.9 Å². The third-order valence-corrected chi connectivity index (χ3v) is 2.97. The normalized spacial score (nSPS) is 10.3. The first-order valence-corrected chi connectivity index (χ1v) is 6.84. The third kappa shape index (κ3) is 4.79. The van der Waals surface area contributed by atoms with Crippen molar-refractivity contribution in [2.75, 3.05) is 19.8 Å². The molecule has 0 aliphatic heterocycles. The van der Waals surface area contributed by atoms with Gasteiger partial charge >= 0.3 is 0 Å². The summed E-state index contributed by atoms with van der Waals surface area (Å²) < 4.78 is 10.5. The Kier molecular flexibility index (Phi) is 5.65. The maximum absolute atomic E-state index is 11.8. The number of rotatable bonds is 8. The van der Waals surface area contributed by atoms with E-state index in [0.29, 0.717) is 5.56 Å². The van der Waals surface area contributed by atoms with Crippen molar-refractivity contribution >= 4 is 11.5 Å². The summed E-state index contributed by atoms with van der Waals surface area (Å²) in [5.74, 6) is -0.336. The van der Waals surface area contributed by atoms with E-state index in [4.69, 9.17) is 9.47 Å². The number of phenols is 1. The first kappa shape index (κ1) is 16.4. The average molecular weight is 317 g/mol. The number of nitro groups is 1. The van der Waals surface area contributed by atoms with Crippen LogP contribution in [0, 0.1) is 10.1 Å². The van der Waals surface area contributed by atoms with E-state index in [1.54, 1.807) is 24.3 Å². The zero-order valence-electron chi connectivity index (χ0n) is 12.2. The average Bonchev–Trinajstić information content (AvgIpc) is 2.56. The van der Waals surface area contributed by atoms with Gasteiger partial charge in [-0.15, -0.1) is 0 Å². The number of ether oxygens (including phenoxy) is 2. The van der Waals surface area contributed by atoms with Crippen LogP contribution in [0.5, 0.6) is 11.5 Å². The molecule has 2 rings (SSSR count). The highest BCUT2D eigenvalue weighted by molar-refractivity contribution is 5.96. The zero-order valence-corrected chi connectivity index (χ0v) is 12.2. The van der Waals surface area contributed by atoms with Gasteiger partial charge in [0.05, 0.1) is 17.6 Å². The summed E-state index contributed by atoms with van der Waals surface area (Å²) in [5, 5.41) is 20.2. The standard InChI is InChI=1S/C16H15NO6/c18-14-10-13(17(20)21)6-7-16(14)23-9-8-22-11-15(19)12-4-2-1-3-5-12/h1-7,10,18H,8-9,11H2. The Hall–Kier alpha value is -2.93. The molecule has 0 aromatic heterocycles. The van der Waals surface area contributed by atoms with Gasteiger partial charge in [-0.1, -0.05) is 30.3 Å². The van der Waals surface area contributed by atoms with Crippen LogP contribution in [-0.2, 0) is 4.74 Å². The van der Waals surface area contributed by atoms with Crippen LogP contribution in [0.25, 0.3) is 0 Å². The van der Waals surface area contributed by atoms with Crippen molar-refractivity contribution in [2.24, 2.45) is 0 Å². The minimum atomic E-state index is -0.609. The van der Waals surface area contributed by atoms with Crippen LogP contribution in [0.15, 0.2) is 48.5 Å². The number of phenolic OH excluding ortho intramolecular Hbond substituents is 1. The van der Waals surface area contributed by atoms with Crippen molar-refractivity contribution in [1.29, 1.82) is 0 Å². The minimum Gasteiger partial charge on any atom is -0.504 e. The molecule has 0 atom stereocenters. The van der Waals surface area contributed by atoms with Gasteiger partial charge in [0.2, 0.25) is 0 Å². The number of hydrogen-bond donors (Lipinski definition) is 1. The molecule has 23 heavy (non-hydrogen) atoms. The number of nitro benzene ring substituents is 1. The molecule has 1 N–H and O–H groups in total. The molecule has 0 spiro atoms. The van der Waals surface area contributed by atoms with E-state index in [1.165, 1.54) is 12.1 Å². The molecule has 0 aliphatic rings. The fraction of sp³-hybridized carbons (Fsp3) is 0.188. The molecule has 0 saturated carbocycles. The maximum atomic E-state index is 11.8. The molecule has 0 saturated heterocycles. The van der Waals surface area contributed by atoms with Crippen molar-refractivity contribution in [3.05, 3.63) is 64.2 Å². The predicted molar refractivity (Wildman–Crippen MR) is 81.8 cm³/mol. The maximum Gasteiger partial charge on any atom is 0.273 e. The molecular weight excluding hydrogens is 302 g/mol. The summed E-state index contributed by atoms with van der Waals surface area (Å²) in [6.45, 7) is 0.183. The van der Waals surface area contributed by atoms with Gasteiger partial charge in [-0.25, -0.2) is 0 Å². The van der Waals surface area contributed by atoms with E-state index < -0.39 is 4.92 Å². The molecule has 0 unspecified atom stereocenters. The van der Waals surface area contributed by atoms with Crippen molar-refractivity contribution in [2.45, 2.75) is 0 Å². The molecule has 0 radical (unpaired) electrons. The smallest absolute Gasteiger partial charge is 0.273 e. The van der Waals surface area contributed by atoms with E-state index >= 15 is 0 Å². The summed E-state index contributed by atoms with van der Waals surface area (Å²) in [5.41, 5.74) is 0.348. The fourth-order valence-electron chi connectivity index (χ4n) is 1.82. The molecule has 120 valence electrons. The number of carbonyl (C=O) groups is 1. The van der Waals surface area contributed by atoms with E-state index in [2.05, 4.69) is 0 Å². The number of hydrogen-bond acceptors (Lipinski definition) is 6. The molecule has 0 heterocycles. The second kappa shape index (κ2) is 7.90. The lowest BCUT2D eigenvalue weighted by Gasteiger charge is -2.08. The van der Waals surface area contributed by atoms with Gasteiger partial charge in [0.25, 0.3) is 5.69 Å². The van der Waals surface area contributed by atoms with Crippen LogP contribution < -0.4 is 4.74 Å². The highest BCUT2D eigenvalue weighted by Gasteiger charge is 2.11. The monoisotopic (exact) mass is 317 g/mol. The number of non-ortho nitro benzene ring substituents is 1. The van der Waals surface area contributed by atoms with Crippen molar-refractivity contribution in [3.8, 4) is 11.5 Å². The highest BCUT2D eigenvalue weighted by atomic mass is 16.6. The topological polar surface area (TPSA) is 98.9 Å². The molecule has 0 fully saturated rings. The van der Waals surface area contributed by atoms with Crippen molar-refractivity contribution in [3.63, 3.8) is 0 Å². The van der Waals surface area contributed by atoms with Gasteiger partial charge in [0, 0.05) is 11.6 Å². The van der Waals surface area contributed by atoms with Gasteiger partial charge in [0.15, 0.2) is 17.3 Å². The number of nitrogens with zero attached hydrogens (tertiary/aromatic N) is 1. The summed E-state index contributed by atoms with van der Waals surface area (Å²) in [6, 6.07) is 12.3. The van der Waals surface area contributed by atoms with Gasteiger partial charge in [-0.2, -0.15) is 0 Å². The highest BCUT2D eigenvalue weighted by Crippen LogP contribution is 2.29. The predicted octanol–water partition coefficient (Wildman–Crippen LogP) is 2.58. The van der Waals surface area contributed by atoms with Crippen LogP contribution >= 0.6 is 0 Å². The van der Waals surface area contributed by atoms with E-state index in [9.17, 15) is 20.0 Å². The quantitative estimate of drug-likeness (QED) is 0.348. The lowest BCUT2D eigenvalue weighted by Crippen LogP contribution is -2.13. The molecular formula is C16H15NO6. The molecule has 0 amide bonds. The number of aromatic hydroxyl groups is 1. The first-order chi connectivity index (χ1) is 11.1. The Bertz CT molecular complexity index is 686. The van der Waals surface area contributed by atoms with Crippen LogP contribution in [0.3, 0.4) is 0 Å². The van der Waals surface area contributed by atoms with Gasteiger partial charge < -0.3 is 14.6 Å². The summed E-state index contributed by atoms with van der Waals surface area (Å²) in [6.07, 6.45) is 0. The SMILES string of the molecule is O=C(COCCOc1ccc([N+](=O)[O-])cc1O)c1ccccc1. The number of benzene rings is 2. The lowest BCUT2D eigenvalue weighted by atomic mass is 10.1. The Morgan fingerprint density at radius 1 is 1.13 bits per heavy atom. The number of Topliss-reactive ketones (excluding diaryl/α,β-unsaturated/α-hetero) is 1. The Morgan fingerprint density at radius 3 is 2.52 bits per heavy atom. The minimum absolute atomic E-state index is 0.0698. The van der Waals surface area contributed by atoms with Crippen molar-refractivity contribution in [1.82, 2.24) is 0 Å². The van der Waals surface area contributed by atoms with Crippen LogP contribution in [0.2, 0.25) is 0 Å². The van der Waals surface area contributed by atoms with Gasteiger partial charge in [0.1, 0.15) is 13.2 Å². The first-order valence-electron chi connectivity index (χ1n) is 6.84. The molecule has 7 nitrogen and oxygen atoms in total. The Labute approximate surface area is 132 Å². The fourth-order valence-corrected chi connectivity index (χ4v) is 1.82. The molecule has 2 aromatic rings. The molecule has 2 aromatic carbocycles. The van der Waals surface area contributed by atoms with Crippen LogP contribution in [0.1, 0.15) is 10.4 Å². The van der Waals surface area contributed by atoms with E-state index in [1.807, 2.05) is 6.07 Å². The zero-order chi connectivity index (χ0) is 16.7.